The van der Waals surface area contributed by atoms with Gasteiger partial charge in [0, 0.05) is 101 Å². The van der Waals surface area contributed by atoms with Gasteiger partial charge in [-0.05, 0) is 171 Å². The maximum absolute atomic E-state index is 14.9. The van der Waals surface area contributed by atoms with E-state index >= 15 is 0 Å². The number of carbonyl (C=O) groups is 15. The van der Waals surface area contributed by atoms with Crippen molar-refractivity contribution < 1.29 is 116 Å². The van der Waals surface area contributed by atoms with Gasteiger partial charge < -0.3 is 116 Å². The van der Waals surface area contributed by atoms with Crippen LogP contribution < -0.4 is 75.9 Å². The van der Waals surface area contributed by atoms with Crippen molar-refractivity contribution >= 4 is 87.7 Å². The van der Waals surface area contributed by atoms with Crippen LogP contribution in [0.2, 0.25) is 0 Å². The maximum atomic E-state index is 14.9. The second-order valence-electron chi connectivity index (χ2n) is 35.3. The summed E-state index contributed by atoms with van der Waals surface area (Å²) >= 11 is 0. The summed E-state index contributed by atoms with van der Waals surface area (Å²) in [4.78, 5) is 212. The zero-order valence-corrected chi connectivity index (χ0v) is 78.2. The standard InChI is InChI=1S/C96H149N13O24/c1-7-8-9-10-11-15-22-66(52-69(112)38-48-130-46-18-26-80(114)65-24-16-23-64(51-65)63-28-30-71(31-29-63)132-57-70(113)25-17-44-102-85(119)27-19-47-131-96-88(122)87(121)86(120)61(6)133-96)89(123)105-76(34-41-99)84(118)56-73(60(5)111)93(127)106-75(33-40-98)81(115)53-67-37-45-103-92(126)72(59(4)110)55-83(117)77(35-42-100)107-94(128)78(36-43-101)108-95(129)79(49-58(2)3)109-91(125)68(50-62-20-13-12-14-21-62)54-82(116)74(32-39-97)104-90(67)124/h12-14,16,20-21,23-24,28-31,51,58-61,66-68,72-79,86-88,96,110-111,120-122H,7-11,15,17-19,22,25-27,32-50,52-57,97-101H2,1-6H3,(H,102,119)(H,103,126)(H,104,124)(H,105,123)(H,106,127)(H,107,128)(H,108,129)(H,109,125)/t59-,60-,61+,66-,67-,68+,72+,73+,74+,75+,76+,77+,78+,79+,86+,87?,88+,96?/m1/s1. The fourth-order valence-corrected chi connectivity index (χ4v) is 15.9. The predicted octanol–water partition coefficient (Wildman–Crippen LogP) is 2.04. The van der Waals surface area contributed by atoms with Crippen molar-refractivity contribution in [2.45, 2.75) is 294 Å². The molecule has 8 amide bonds. The molecular formula is C96H149N13O24. The number of rotatable bonds is 56. The smallest absolute Gasteiger partial charge is 0.243 e. The third-order valence-electron chi connectivity index (χ3n) is 23.8. The van der Waals surface area contributed by atoms with Crippen molar-refractivity contribution in [3.05, 3.63) is 90.0 Å². The Labute approximate surface area is 780 Å². The second kappa shape index (κ2) is 62.1. The average Bonchev–Trinajstić information content (AvgIpc) is 0.953. The van der Waals surface area contributed by atoms with Gasteiger partial charge in [0.1, 0.15) is 48.5 Å². The highest BCUT2D eigenvalue weighted by atomic mass is 16.7. The number of hydrogen-bond donors (Lipinski definition) is 18. The van der Waals surface area contributed by atoms with Gasteiger partial charge in [-0.1, -0.05) is 120 Å². The summed E-state index contributed by atoms with van der Waals surface area (Å²) < 4.78 is 22.4. The Morgan fingerprint density at radius 2 is 1.15 bits per heavy atom. The van der Waals surface area contributed by atoms with Crippen LogP contribution in [0.5, 0.6) is 5.75 Å². The molecule has 23 N–H and O–H groups in total. The number of nitrogens with two attached hydrogens (primary N) is 5. The van der Waals surface area contributed by atoms with Gasteiger partial charge in [-0.2, -0.15) is 0 Å². The number of nitrogens with one attached hydrogen (secondary N) is 8. The van der Waals surface area contributed by atoms with E-state index in [0.29, 0.717) is 49.0 Å². The van der Waals surface area contributed by atoms with Gasteiger partial charge in [-0.15, -0.1) is 0 Å². The molecule has 3 aromatic carbocycles. The summed E-state index contributed by atoms with van der Waals surface area (Å²) in [5.41, 5.74) is 32.7. The van der Waals surface area contributed by atoms with Gasteiger partial charge in [0.15, 0.2) is 41.0 Å². The largest absolute Gasteiger partial charge is 0.486 e. The highest BCUT2D eigenvalue weighted by molar-refractivity contribution is 6.00. The average molecular weight is 1870 g/mol. The Balaban J connectivity index is 1.22. The van der Waals surface area contributed by atoms with Gasteiger partial charge in [-0.25, -0.2) is 0 Å². The Morgan fingerprint density at radius 3 is 1.80 bits per heavy atom. The zero-order chi connectivity index (χ0) is 98.1. The molecule has 0 saturated carbocycles. The van der Waals surface area contributed by atoms with E-state index in [1.807, 2.05) is 6.07 Å². The van der Waals surface area contributed by atoms with Crippen LogP contribution in [-0.4, -0.2) is 265 Å². The number of ether oxygens (including phenoxy) is 4. The normalized spacial score (nSPS) is 22.4. The van der Waals surface area contributed by atoms with Crippen molar-refractivity contribution in [1.29, 1.82) is 0 Å². The molecule has 133 heavy (non-hydrogen) atoms. The van der Waals surface area contributed by atoms with Crippen LogP contribution in [-0.2, 0) is 87.8 Å². The van der Waals surface area contributed by atoms with E-state index in [-0.39, 0.29) is 178 Å². The van der Waals surface area contributed by atoms with E-state index in [9.17, 15) is 97.5 Å². The van der Waals surface area contributed by atoms with Crippen molar-refractivity contribution in [1.82, 2.24) is 42.5 Å². The number of unbranched alkanes of at least 4 members (excludes halogenated alkanes) is 5. The van der Waals surface area contributed by atoms with Crippen LogP contribution >= 0.6 is 0 Å². The molecule has 0 bridgehead atoms. The number of ketones is 7. The first-order valence-corrected chi connectivity index (χ1v) is 47.2. The number of hydrogen-bond acceptors (Lipinski definition) is 29. The first-order chi connectivity index (χ1) is 63.6. The minimum absolute atomic E-state index is 0.00306. The maximum Gasteiger partial charge on any atom is 0.243 e. The van der Waals surface area contributed by atoms with Crippen LogP contribution in [0.1, 0.15) is 224 Å². The molecule has 37 heteroatoms. The Hall–Kier alpha value is -9.61. The molecule has 2 heterocycles. The lowest BCUT2D eigenvalue weighted by molar-refractivity contribution is -0.293. The Bertz CT molecular complexity index is 4160. The van der Waals surface area contributed by atoms with Crippen LogP contribution in [0.4, 0.5) is 0 Å². The summed E-state index contributed by atoms with van der Waals surface area (Å²) in [7, 11) is 0. The number of carbonyl (C=O) groups excluding carboxylic acids is 15. The highest BCUT2D eigenvalue weighted by Gasteiger charge is 2.44. The fraction of sp³-hybridized carbons (Fsp3) is 0.656. The predicted molar refractivity (Wildman–Crippen MR) is 495 cm³/mol. The van der Waals surface area contributed by atoms with Crippen LogP contribution in [0.25, 0.3) is 11.1 Å². The zero-order valence-electron chi connectivity index (χ0n) is 78.2. The highest BCUT2D eigenvalue weighted by Crippen LogP contribution is 2.28. The molecule has 2 saturated heterocycles. The van der Waals surface area contributed by atoms with Crippen LogP contribution in [0.3, 0.4) is 0 Å². The molecule has 2 aliphatic rings. The van der Waals surface area contributed by atoms with Gasteiger partial charge in [0.2, 0.25) is 47.3 Å². The van der Waals surface area contributed by atoms with Crippen LogP contribution in [0, 0.1) is 35.5 Å². The second-order valence-corrected chi connectivity index (χ2v) is 35.3. The molecule has 5 rings (SSSR count). The molecule has 0 spiro atoms. The third kappa shape index (κ3) is 41.2. The van der Waals surface area contributed by atoms with Crippen LogP contribution in [0.15, 0.2) is 78.9 Å². The van der Waals surface area contributed by atoms with Crippen molar-refractivity contribution in [2.75, 3.05) is 72.2 Å². The lowest BCUT2D eigenvalue weighted by Crippen LogP contribution is -2.57. The molecule has 2 fully saturated rings. The van der Waals surface area contributed by atoms with E-state index in [1.165, 1.54) is 13.8 Å². The van der Waals surface area contributed by atoms with E-state index in [1.54, 1.807) is 93.6 Å². The van der Waals surface area contributed by atoms with Crippen molar-refractivity contribution in [2.24, 2.45) is 64.2 Å². The number of benzene rings is 3. The van der Waals surface area contributed by atoms with E-state index in [2.05, 4.69) is 49.5 Å². The quantitative estimate of drug-likeness (QED) is 0.0284. The van der Waals surface area contributed by atoms with Crippen molar-refractivity contribution in [3.8, 4) is 16.9 Å². The SMILES string of the molecule is CCCCCCCC[C@H](CC(=O)CCOCCCC(=O)c1cccc(-c2ccc(OCC(=O)CCCNC(=O)CCCOC3O[C@@H](C)[C@H](O)C(O)[C@@H]3O)cc2)c1)C(=O)N[C@@H](CCN)C(=O)C[C@H](C(=O)N[C@@H](CCN)C(=O)C[C@H]1CCNC(=O)[C@H]([C@@H](C)O)CC(=O)[C@H](CCN)NC(=O)[C@H](CCN)NC(=O)[C@H](CC(C)C)NC(=O)[C@@H](Cc2ccccc2)CC(=O)[C@H](CCN)NC1=O)[C@@H](C)O. The van der Waals surface area contributed by atoms with E-state index < -0.39 is 205 Å². The molecule has 2 aliphatic heterocycles. The minimum atomic E-state index is -1.56. The van der Waals surface area contributed by atoms with Gasteiger partial charge in [0.05, 0.1) is 67.5 Å². The number of aliphatic hydroxyl groups is 5. The molecule has 18 atom stereocenters. The summed E-state index contributed by atoms with van der Waals surface area (Å²) in [5, 5.41) is 73.8. The summed E-state index contributed by atoms with van der Waals surface area (Å²) in [6.45, 7) is 8.92. The van der Waals surface area contributed by atoms with Crippen molar-refractivity contribution in [3.63, 3.8) is 0 Å². The number of Topliss-reactive ketones (excluding diaryl/α,β-unsaturated/α-hetero) is 7. The molecule has 0 radical (unpaired) electrons. The van der Waals surface area contributed by atoms with Gasteiger partial charge in [0.25, 0.3) is 0 Å². The Morgan fingerprint density at radius 1 is 0.549 bits per heavy atom. The molecule has 2 unspecified atom stereocenters. The first kappa shape index (κ1) is 114. The molecule has 3 aromatic rings. The number of amides is 8. The fourth-order valence-electron chi connectivity index (χ4n) is 15.9. The lowest BCUT2D eigenvalue weighted by Gasteiger charge is -2.38. The third-order valence-corrected chi connectivity index (χ3v) is 23.8. The molecular weight excluding hydrogens is 1720 g/mol. The van der Waals surface area contributed by atoms with E-state index in [0.717, 1.165) is 43.2 Å². The summed E-state index contributed by atoms with van der Waals surface area (Å²) in [6.07, 6.45) is -5.93. The number of aliphatic hydroxyl groups excluding tert-OH is 5. The summed E-state index contributed by atoms with van der Waals surface area (Å²) in [5.74, 6) is -15.7. The van der Waals surface area contributed by atoms with Gasteiger partial charge in [-0.3, -0.25) is 71.9 Å². The summed E-state index contributed by atoms with van der Waals surface area (Å²) in [6, 6.07) is 14.7. The monoisotopic (exact) mass is 1870 g/mol. The molecule has 37 nitrogen and oxygen atoms in total. The molecule has 742 valence electrons. The minimum Gasteiger partial charge on any atom is -0.486 e. The molecule has 0 aliphatic carbocycles. The first-order valence-electron chi connectivity index (χ1n) is 47.2. The molecule has 0 aromatic heterocycles. The Kier molecular flexibility index (Phi) is 53.2. The van der Waals surface area contributed by atoms with E-state index in [4.69, 9.17) is 47.6 Å². The topological polar surface area (TPSA) is 620 Å². The van der Waals surface area contributed by atoms with Gasteiger partial charge >= 0.3 is 0 Å². The lowest BCUT2D eigenvalue weighted by atomic mass is 9.88.